The van der Waals surface area contributed by atoms with E-state index >= 15 is 0 Å². The first-order valence-electron chi connectivity index (χ1n) is 10.6. The van der Waals surface area contributed by atoms with Crippen molar-refractivity contribution in [2.75, 3.05) is 0 Å². The molecule has 1 nitrogen and oxygen atoms in total. The number of halogens is 5. The maximum Gasteiger partial charge on any atom is 0.573 e. The van der Waals surface area contributed by atoms with Crippen molar-refractivity contribution < 1.29 is 26.7 Å². The molecule has 0 amide bonds. The third kappa shape index (κ3) is 4.47. The summed E-state index contributed by atoms with van der Waals surface area (Å²) in [6.45, 7) is 2.30. The molecule has 1 saturated carbocycles. The molecule has 162 valence electrons. The third-order valence-electron chi connectivity index (χ3n) is 6.69. The van der Waals surface area contributed by atoms with E-state index in [-0.39, 0.29) is 17.9 Å². The smallest absolute Gasteiger partial charge is 0.399 e. The molecule has 2 aromatic rings. The second-order valence-electron chi connectivity index (χ2n) is 8.75. The van der Waals surface area contributed by atoms with Crippen LogP contribution in [0.25, 0.3) is 0 Å². The Kier molecular flexibility index (Phi) is 5.78. The summed E-state index contributed by atoms with van der Waals surface area (Å²) in [5.74, 6) is -2.42. The summed E-state index contributed by atoms with van der Waals surface area (Å²) in [5, 5.41) is 0. The number of alkyl halides is 3. The van der Waals surface area contributed by atoms with Crippen molar-refractivity contribution in [2.24, 2.45) is 5.92 Å². The lowest BCUT2D eigenvalue weighted by Crippen LogP contribution is -2.21. The first kappa shape index (κ1) is 21.1. The Morgan fingerprint density at radius 2 is 1.47 bits per heavy atom. The zero-order chi connectivity index (χ0) is 21.5. The molecule has 0 radical (unpaired) electrons. The molecule has 1 unspecified atom stereocenters. The van der Waals surface area contributed by atoms with Crippen LogP contribution < -0.4 is 4.74 Å². The first-order valence-corrected chi connectivity index (χ1v) is 10.6. The predicted molar refractivity (Wildman–Crippen MR) is 105 cm³/mol. The van der Waals surface area contributed by atoms with Crippen LogP contribution in [0.15, 0.2) is 30.3 Å². The van der Waals surface area contributed by atoms with Crippen LogP contribution in [0.4, 0.5) is 22.0 Å². The molecule has 2 aromatic carbocycles. The molecule has 2 aliphatic carbocycles. The summed E-state index contributed by atoms with van der Waals surface area (Å²) in [4.78, 5) is 0. The molecule has 30 heavy (non-hydrogen) atoms. The zero-order valence-corrected chi connectivity index (χ0v) is 16.9. The number of rotatable bonds is 3. The number of hydrogen-bond donors (Lipinski definition) is 0. The van der Waals surface area contributed by atoms with Gasteiger partial charge in [0.2, 0.25) is 5.75 Å². The lowest BCUT2D eigenvalue weighted by Gasteiger charge is -2.28. The molecular weight excluding hydrogens is 399 g/mol. The van der Waals surface area contributed by atoms with Gasteiger partial charge < -0.3 is 4.74 Å². The molecular formula is C24H25F5O. The SMILES string of the molecule is CC1CCC(c2ccc(C3CCc4c(cc(F)c(OC(F)(F)F)c4F)C3)cc2)CC1. The summed E-state index contributed by atoms with van der Waals surface area (Å²) in [7, 11) is 0. The van der Waals surface area contributed by atoms with Crippen LogP contribution >= 0.6 is 0 Å². The van der Waals surface area contributed by atoms with Crippen molar-refractivity contribution in [1.29, 1.82) is 0 Å². The Balaban J connectivity index is 1.50. The van der Waals surface area contributed by atoms with Gasteiger partial charge in [-0.05, 0) is 78.2 Å². The fourth-order valence-electron chi connectivity index (χ4n) is 4.95. The minimum Gasteiger partial charge on any atom is -0.399 e. The van der Waals surface area contributed by atoms with E-state index < -0.39 is 23.7 Å². The summed E-state index contributed by atoms with van der Waals surface area (Å²) >= 11 is 0. The van der Waals surface area contributed by atoms with Gasteiger partial charge in [0.1, 0.15) is 0 Å². The van der Waals surface area contributed by atoms with Crippen LogP contribution in [-0.2, 0) is 12.8 Å². The van der Waals surface area contributed by atoms with E-state index in [1.807, 2.05) is 0 Å². The van der Waals surface area contributed by atoms with Crippen molar-refractivity contribution in [2.45, 2.75) is 70.1 Å². The van der Waals surface area contributed by atoms with Crippen LogP contribution in [0.1, 0.15) is 73.1 Å². The molecule has 0 aromatic heterocycles. The Morgan fingerprint density at radius 1 is 0.867 bits per heavy atom. The molecule has 6 heteroatoms. The van der Waals surface area contributed by atoms with Crippen LogP contribution in [0.2, 0.25) is 0 Å². The summed E-state index contributed by atoms with van der Waals surface area (Å²) in [6, 6.07) is 9.50. The molecule has 2 aliphatic rings. The summed E-state index contributed by atoms with van der Waals surface area (Å²) in [6.07, 6.45) is 1.04. The van der Waals surface area contributed by atoms with Crippen LogP contribution in [-0.4, -0.2) is 6.36 Å². The van der Waals surface area contributed by atoms with Crippen molar-refractivity contribution >= 4 is 0 Å². The molecule has 0 spiro atoms. The Hall–Kier alpha value is -2.11. The van der Waals surface area contributed by atoms with Crippen LogP contribution in [0.3, 0.4) is 0 Å². The maximum absolute atomic E-state index is 14.5. The topological polar surface area (TPSA) is 9.23 Å². The van der Waals surface area contributed by atoms with E-state index in [0.717, 1.165) is 17.5 Å². The number of ether oxygens (including phenoxy) is 1. The van der Waals surface area contributed by atoms with E-state index in [0.29, 0.717) is 24.3 Å². The molecule has 0 saturated heterocycles. The van der Waals surface area contributed by atoms with Gasteiger partial charge in [-0.2, -0.15) is 0 Å². The average Bonchev–Trinajstić information content (AvgIpc) is 2.71. The van der Waals surface area contributed by atoms with Crippen LogP contribution in [0, 0.1) is 17.6 Å². The molecule has 1 atom stereocenters. The van der Waals surface area contributed by atoms with E-state index in [2.05, 4.69) is 35.9 Å². The standard InChI is InChI=1S/C24H25F5O/c1-14-2-4-15(5-3-14)16-6-8-17(9-7-16)18-10-11-20-19(12-18)13-21(25)23(22(20)26)30-24(27,28)29/h6-9,13-15,18H,2-5,10-12H2,1H3. The Labute approximate surface area is 173 Å². The number of fused-ring (bicyclic) bond motifs is 1. The maximum atomic E-state index is 14.5. The Morgan fingerprint density at radius 3 is 2.07 bits per heavy atom. The molecule has 0 N–H and O–H groups in total. The van der Waals surface area contributed by atoms with Gasteiger partial charge in [0.05, 0.1) is 0 Å². The second-order valence-corrected chi connectivity index (χ2v) is 8.75. The van der Waals surface area contributed by atoms with E-state index in [9.17, 15) is 22.0 Å². The van der Waals surface area contributed by atoms with Crippen molar-refractivity contribution in [3.05, 3.63) is 64.2 Å². The summed E-state index contributed by atoms with van der Waals surface area (Å²) < 4.78 is 69.5. The van der Waals surface area contributed by atoms with Gasteiger partial charge >= 0.3 is 6.36 Å². The molecule has 4 rings (SSSR count). The quantitative estimate of drug-likeness (QED) is 0.466. The van der Waals surface area contributed by atoms with Gasteiger partial charge in [-0.15, -0.1) is 13.2 Å². The fraction of sp³-hybridized carbons (Fsp3) is 0.500. The zero-order valence-electron chi connectivity index (χ0n) is 16.9. The average molecular weight is 424 g/mol. The van der Waals surface area contributed by atoms with Crippen LogP contribution in [0.5, 0.6) is 5.75 Å². The lowest BCUT2D eigenvalue weighted by atomic mass is 9.77. The first-order chi connectivity index (χ1) is 14.2. The minimum absolute atomic E-state index is 0.0890. The van der Waals surface area contributed by atoms with Gasteiger partial charge in [0.25, 0.3) is 0 Å². The normalized spacial score (nSPS) is 24.4. The van der Waals surface area contributed by atoms with Crippen molar-refractivity contribution in [3.8, 4) is 5.75 Å². The third-order valence-corrected chi connectivity index (χ3v) is 6.69. The lowest BCUT2D eigenvalue weighted by molar-refractivity contribution is -0.276. The van der Waals surface area contributed by atoms with E-state index in [1.165, 1.54) is 31.2 Å². The highest BCUT2D eigenvalue weighted by molar-refractivity contribution is 5.42. The molecule has 0 aliphatic heterocycles. The highest BCUT2D eigenvalue weighted by atomic mass is 19.4. The fourth-order valence-corrected chi connectivity index (χ4v) is 4.95. The van der Waals surface area contributed by atoms with Gasteiger partial charge in [-0.3, -0.25) is 0 Å². The summed E-state index contributed by atoms with van der Waals surface area (Å²) in [5.41, 5.74) is 2.99. The van der Waals surface area contributed by atoms with Gasteiger partial charge in [-0.1, -0.05) is 44.0 Å². The minimum atomic E-state index is -5.13. The van der Waals surface area contributed by atoms with Crippen molar-refractivity contribution in [1.82, 2.24) is 0 Å². The highest BCUT2D eigenvalue weighted by Crippen LogP contribution is 2.40. The highest BCUT2D eigenvalue weighted by Gasteiger charge is 2.36. The van der Waals surface area contributed by atoms with Gasteiger partial charge in [0.15, 0.2) is 11.6 Å². The molecule has 0 bridgehead atoms. The number of benzene rings is 2. The van der Waals surface area contributed by atoms with Crippen molar-refractivity contribution in [3.63, 3.8) is 0 Å². The second kappa shape index (κ2) is 8.20. The largest absolute Gasteiger partial charge is 0.573 e. The Bertz CT molecular complexity index is 895. The predicted octanol–water partition coefficient (Wildman–Crippen LogP) is 7.43. The van der Waals surface area contributed by atoms with E-state index in [4.69, 9.17) is 0 Å². The number of hydrogen-bond acceptors (Lipinski definition) is 1. The van der Waals surface area contributed by atoms with Gasteiger partial charge in [0, 0.05) is 0 Å². The molecule has 0 heterocycles. The molecule has 1 fully saturated rings. The van der Waals surface area contributed by atoms with E-state index in [1.54, 1.807) is 0 Å². The monoisotopic (exact) mass is 424 g/mol. The van der Waals surface area contributed by atoms with Gasteiger partial charge in [-0.25, -0.2) is 8.78 Å².